The molecule has 2 fully saturated rings. The summed E-state index contributed by atoms with van der Waals surface area (Å²) in [6.07, 6.45) is 6.68. The van der Waals surface area contributed by atoms with E-state index >= 15 is 0 Å². The number of nitrogens with zero attached hydrogens (tertiary/aromatic N) is 2. The molecule has 6 heteroatoms. The molecular weight excluding hydrogens is 404 g/mol. The lowest BCUT2D eigenvalue weighted by molar-refractivity contribution is -0.130. The fourth-order valence-corrected chi connectivity index (χ4v) is 6.02. The Morgan fingerprint density at radius 2 is 1.87 bits per heavy atom. The van der Waals surface area contributed by atoms with Crippen LogP contribution in [0.5, 0.6) is 0 Å². The number of benzene rings is 1. The third-order valence-electron chi connectivity index (χ3n) is 6.78. The summed E-state index contributed by atoms with van der Waals surface area (Å²) in [5.74, 6) is 1.52. The first-order chi connectivity index (χ1) is 14.9. The number of allylic oxidation sites excluding steroid dienone is 1. The lowest BCUT2D eigenvalue weighted by Crippen LogP contribution is -2.64. The molecule has 1 saturated carbocycles. The summed E-state index contributed by atoms with van der Waals surface area (Å²) in [5, 5.41) is 11.8. The van der Waals surface area contributed by atoms with Gasteiger partial charge in [-0.15, -0.1) is 11.8 Å². The van der Waals surface area contributed by atoms with Crippen LogP contribution in [0.4, 0.5) is 0 Å². The lowest BCUT2D eigenvalue weighted by Gasteiger charge is -2.46. The number of aromatic nitrogens is 1. The van der Waals surface area contributed by atoms with Crippen LogP contribution in [0, 0.1) is 12.3 Å². The van der Waals surface area contributed by atoms with Gasteiger partial charge in [0.05, 0.1) is 11.5 Å². The van der Waals surface area contributed by atoms with Gasteiger partial charge in [-0.3, -0.25) is 20.1 Å². The van der Waals surface area contributed by atoms with Crippen molar-refractivity contribution in [2.45, 2.75) is 50.0 Å². The molecule has 3 heterocycles. The summed E-state index contributed by atoms with van der Waals surface area (Å²) in [5.41, 5.74) is 3.91. The van der Waals surface area contributed by atoms with Crippen molar-refractivity contribution in [3.05, 3.63) is 76.0 Å². The standard InChI is InChI=1S/C25H28N4OS/c1-15-4-11-20(27-13-15)19-12-21(31-14-19)25(2)22(23(30)29(3)24(26)28-25)18-9-7-17(8-10-18)16-5-6-16/h4,7-13,16,19,22H,5-6,14H2,1-3H3,(H2,26,28)/t19?,22-,25+/m0/s1. The Labute approximate surface area is 187 Å². The van der Waals surface area contributed by atoms with Crippen LogP contribution in [-0.4, -0.2) is 40.1 Å². The number of thioether (sulfide) groups is 1. The molecule has 2 aliphatic heterocycles. The van der Waals surface area contributed by atoms with Gasteiger partial charge in [0.1, 0.15) is 0 Å². The molecule has 1 saturated heterocycles. The molecule has 31 heavy (non-hydrogen) atoms. The molecule has 1 amide bonds. The Kier molecular flexibility index (Phi) is 4.93. The van der Waals surface area contributed by atoms with Crippen molar-refractivity contribution < 1.29 is 4.79 Å². The molecule has 3 atom stereocenters. The van der Waals surface area contributed by atoms with E-state index in [1.807, 2.05) is 13.1 Å². The Balaban J connectivity index is 1.51. The highest BCUT2D eigenvalue weighted by Gasteiger charge is 2.50. The molecule has 1 unspecified atom stereocenters. The van der Waals surface area contributed by atoms with E-state index in [0.29, 0.717) is 5.92 Å². The number of aryl methyl sites for hydroxylation is 1. The summed E-state index contributed by atoms with van der Waals surface area (Å²) >= 11 is 1.77. The van der Waals surface area contributed by atoms with Gasteiger partial charge in [-0.25, -0.2) is 0 Å². The minimum absolute atomic E-state index is 0.0381. The molecule has 5 rings (SSSR count). The highest BCUT2D eigenvalue weighted by Crippen LogP contribution is 2.48. The number of carbonyl (C=O) groups excluding carboxylic acids is 1. The Morgan fingerprint density at radius 3 is 2.52 bits per heavy atom. The molecule has 2 N–H and O–H groups in total. The van der Waals surface area contributed by atoms with Crippen LogP contribution >= 0.6 is 11.8 Å². The van der Waals surface area contributed by atoms with Gasteiger partial charge >= 0.3 is 0 Å². The van der Waals surface area contributed by atoms with E-state index in [-0.39, 0.29) is 23.7 Å². The highest BCUT2D eigenvalue weighted by atomic mass is 32.2. The molecule has 2 aromatic rings. The predicted octanol–water partition coefficient (Wildman–Crippen LogP) is 4.52. The van der Waals surface area contributed by atoms with E-state index in [4.69, 9.17) is 5.41 Å². The molecule has 3 aliphatic rings. The number of hydrogen-bond donors (Lipinski definition) is 2. The predicted molar refractivity (Wildman–Crippen MR) is 125 cm³/mol. The molecule has 0 spiro atoms. The maximum absolute atomic E-state index is 13.4. The Hall–Kier alpha value is -2.60. The van der Waals surface area contributed by atoms with Gasteiger partial charge in [-0.05, 0) is 55.4 Å². The molecule has 1 aromatic carbocycles. The van der Waals surface area contributed by atoms with Crippen molar-refractivity contribution in [3.8, 4) is 0 Å². The third kappa shape index (κ3) is 3.57. The second-order valence-corrected chi connectivity index (χ2v) is 10.2. The van der Waals surface area contributed by atoms with E-state index in [1.165, 1.54) is 23.3 Å². The van der Waals surface area contributed by atoms with E-state index in [1.54, 1.807) is 18.8 Å². The van der Waals surface area contributed by atoms with Gasteiger partial charge in [-0.2, -0.15) is 0 Å². The normalized spacial score (nSPS) is 28.5. The zero-order valence-corrected chi connectivity index (χ0v) is 19.0. The van der Waals surface area contributed by atoms with Crippen molar-refractivity contribution in [3.63, 3.8) is 0 Å². The van der Waals surface area contributed by atoms with E-state index in [0.717, 1.165) is 27.5 Å². The molecule has 0 radical (unpaired) electrons. The maximum Gasteiger partial charge on any atom is 0.239 e. The van der Waals surface area contributed by atoms with Crippen LogP contribution in [-0.2, 0) is 4.79 Å². The summed E-state index contributed by atoms with van der Waals surface area (Å²) in [6.45, 7) is 4.11. The molecule has 1 aliphatic carbocycles. The average Bonchev–Trinajstić information content (AvgIpc) is 3.49. The van der Waals surface area contributed by atoms with Crippen LogP contribution in [0.25, 0.3) is 0 Å². The van der Waals surface area contributed by atoms with Gasteiger partial charge in [0.2, 0.25) is 5.91 Å². The van der Waals surface area contributed by atoms with E-state index in [2.05, 4.69) is 59.7 Å². The lowest BCUT2D eigenvalue weighted by atomic mass is 9.76. The number of pyridine rings is 1. The van der Waals surface area contributed by atoms with Crippen LogP contribution in [0.2, 0.25) is 0 Å². The maximum atomic E-state index is 13.4. The second-order valence-electron chi connectivity index (χ2n) is 9.16. The van der Waals surface area contributed by atoms with Crippen LogP contribution in [0.3, 0.4) is 0 Å². The first kappa shape index (κ1) is 20.3. The van der Waals surface area contributed by atoms with E-state index < -0.39 is 5.54 Å². The first-order valence-electron chi connectivity index (χ1n) is 10.9. The number of amides is 1. The van der Waals surface area contributed by atoms with Gasteiger partial charge in [0, 0.05) is 35.5 Å². The summed E-state index contributed by atoms with van der Waals surface area (Å²) in [7, 11) is 1.68. The fraction of sp³-hybridized carbons (Fsp3) is 0.400. The highest BCUT2D eigenvalue weighted by molar-refractivity contribution is 8.03. The Morgan fingerprint density at radius 1 is 1.16 bits per heavy atom. The van der Waals surface area contributed by atoms with Gasteiger partial charge in [0.25, 0.3) is 0 Å². The zero-order chi connectivity index (χ0) is 21.8. The minimum Gasteiger partial charge on any atom is -0.345 e. The molecule has 1 aromatic heterocycles. The van der Waals surface area contributed by atoms with Crippen LogP contribution in [0.15, 0.2) is 53.6 Å². The van der Waals surface area contributed by atoms with Crippen molar-refractivity contribution >= 4 is 23.6 Å². The molecular formula is C25H28N4OS. The number of likely N-dealkylation sites (N-methyl/N-ethyl adjacent to an activating group) is 1. The van der Waals surface area contributed by atoms with Crippen LogP contribution < -0.4 is 5.32 Å². The van der Waals surface area contributed by atoms with Gasteiger partial charge in [-0.1, -0.05) is 36.4 Å². The average molecular weight is 433 g/mol. The number of guanidine groups is 1. The molecule has 5 nitrogen and oxygen atoms in total. The van der Waals surface area contributed by atoms with Crippen molar-refractivity contribution in [2.75, 3.05) is 12.8 Å². The number of hydrogen-bond acceptors (Lipinski definition) is 4. The quantitative estimate of drug-likeness (QED) is 0.745. The smallest absolute Gasteiger partial charge is 0.239 e. The zero-order valence-electron chi connectivity index (χ0n) is 18.2. The molecule has 160 valence electrons. The van der Waals surface area contributed by atoms with E-state index in [9.17, 15) is 4.79 Å². The molecule has 0 bridgehead atoms. The Bertz CT molecular complexity index is 1060. The summed E-state index contributed by atoms with van der Waals surface area (Å²) in [4.78, 5) is 20.6. The monoisotopic (exact) mass is 432 g/mol. The second kappa shape index (κ2) is 7.52. The summed E-state index contributed by atoms with van der Waals surface area (Å²) in [6, 6.07) is 12.8. The summed E-state index contributed by atoms with van der Waals surface area (Å²) < 4.78 is 0. The number of nitrogens with one attached hydrogen (secondary N) is 2. The van der Waals surface area contributed by atoms with Crippen molar-refractivity contribution in [1.29, 1.82) is 5.41 Å². The SMILES string of the molecule is Cc1ccc(C2C=C([C@@]3(C)NC(=N)N(C)C(=O)[C@@H]3c3ccc(C4CC4)cc3)SC2)nc1. The fourth-order valence-electron chi connectivity index (χ4n) is 4.66. The van der Waals surface area contributed by atoms with Crippen LogP contribution in [0.1, 0.15) is 59.9 Å². The van der Waals surface area contributed by atoms with Gasteiger partial charge < -0.3 is 5.32 Å². The third-order valence-corrected chi connectivity index (χ3v) is 8.18. The minimum atomic E-state index is -0.661. The van der Waals surface area contributed by atoms with Crippen molar-refractivity contribution in [2.24, 2.45) is 0 Å². The number of carbonyl (C=O) groups is 1. The topological polar surface area (TPSA) is 69.1 Å². The van der Waals surface area contributed by atoms with Gasteiger partial charge in [0.15, 0.2) is 5.96 Å². The largest absolute Gasteiger partial charge is 0.345 e. The first-order valence-corrected chi connectivity index (χ1v) is 11.9. The number of rotatable bonds is 4. The van der Waals surface area contributed by atoms with Crippen molar-refractivity contribution in [1.82, 2.24) is 15.2 Å².